The number of methoxy groups -OCH3 is 1. The van der Waals surface area contributed by atoms with Crippen molar-refractivity contribution in [2.75, 3.05) is 7.11 Å². The number of aromatic nitrogens is 7. The van der Waals surface area contributed by atoms with E-state index in [9.17, 15) is 0 Å². The molecule has 0 amide bonds. The van der Waals surface area contributed by atoms with Crippen molar-refractivity contribution in [3.8, 4) is 22.8 Å². The number of nitrogens with zero attached hydrogens (tertiary/aromatic N) is 7. The van der Waals surface area contributed by atoms with Gasteiger partial charge in [0.25, 0.3) is 0 Å². The van der Waals surface area contributed by atoms with Crippen LogP contribution in [0.25, 0.3) is 17.1 Å². The van der Waals surface area contributed by atoms with Gasteiger partial charge in [-0.1, -0.05) is 72.4 Å². The highest BCUT2D eigenvalue weighted by Gasteiger charge is 2.19. The van der Waals surface area contributed by atoms with Crippen LogP contribution in [0.15, 0.2) is 90.1 Å². The Hall–Kier alpha value is -3.98. The Bertz CT molecular complexity index is 1350. The van der Waals surface area contributed by atoms with Crippen LogP contribution in [0.2, 0.25) is 0 Å². The lowest BCUT2D eigenvalue weighted by molar-refractivity contribution is 0.415. The fourth-order valence-corrected chi connectivity index (χ4v) is 4.58. The Kier molecular flexibility index (Phi) is 6.62. The van der Waals surface area contributed by atoms with Crippen LogP contribution in [-0.4, -0.2) is 42.1 Å². The van der Waals surface area contributed by atoms with E-state index in [1.165, 1.54) is 5.56 Å². The van der Waals surface area contributed by atoms with Gasteiger partial charge in [-0.3, -0.25) is 0 Å². The molecule has 2 aromatic heterocycles. The quantitative estimate of drug-likeness (QED) is 0.295. The molecule has 0 spiro atoms. The summed E-state index contributed by atoms with van der Waals surface area (Å²) in [5.41, 5.74) is 3.08. The zero-order valence-electron chi connectivity index (χ0n) is 18.7. The van der Waals surface area contributed by atoms with Crippen LogP contribution < -0.4 is 4.74 Å². The summed E-state index contributed by atoms with van der Waals surface area (Å²) in [6, 6.07) is 28.1. The second-order valence-corrected chi connectivity index (χ2v) is 8.47. The lowest BCUT2D eigenvalue weighted by atomic mass is 10.1. The van der Waals surface area contributed by atoms with Crippen molar-refractivity contribution in [2.24, 2.45) is 0 Å². The Morgan fingerprint density at radius 3 is 2.35 bits per heavy atom. The van der Waals surface area contributed by atoms with Gasteiger partial charge in [0.15, 0.2) is 16.8 Å². The molecule has 0 unspecified atom stereocenters. The fourth-order valence-electron chi connectivity index (χ4n) is 3.71. The van der Waals surface area contributed by atoms with Gasteiger partial charge in [0.05, 0.1) is 24.1 Å². The van der Waals surface area contributed by atoms with Crippen molar-refractivity contribution < 1.29 is 4.74 Å². The summed E-state index contributed by atoms with van der Waals surface area (Å²) >= 11 is 1.56. The van der Waals surface area contributed by atoms with Crippen LogP contribution in [0, 0.1) is 0 Å². The van der Waals surface area contributed by atoms with Crippen molar-refractivity contribution in [3.63, 3.8) is 0 Å². The minimum absolute atomic E-state index is 0.553. The summed E-state index contributed by atoms with van der Waals surface area (Å²) in [5.74, 6) is 2.84. The molecular weight excluding hydrogens is 446 g/mol. The van der Waals surface area contributed by atoms with Crippen molar-refractivity contribution in [3.05, 3.63) is 96.3 Å². The van der Waals surface area contributed by atoms with E-state index in [2.05, 4.69) is 54.6 Å². The third-order valence-corrected chi connectivity index (χ3v) is 6.36. The molecule has 170 valence electrons. The normalized spacial score (nSPS) is 11.0. The first-order valence-electron chi connectivity index (χ1n) is 10.9. The molecule has 2 heterocycles. The van der Waals surface area contributed by atoms with E-state index in [-0.39, 0.29) is 0 Å². The van der Waals surface area contributed by atoms with E-state index in [1.54, 1.807) is 23.6 Å². The van der Waals surface area contributed by atoms with E-state index < -0.39 is 0 Å². The average Bonchev–Trinajstić information content (AvgIpc) is 3.54. The molecule has 0 aliphatic carbocycles. The standard InChI is InChI=1S/C25H23N7OS/c1-33-22-15-9-8-14-21(22)24-27-28-25(31(24)17-16-19-10-4-2-5-11-19)34-18-23-26-29-30-32(23)20-12-6-3-7-13-20/h2-15H,16-18H2,1H3. The second kappa shape index (κ2) is 10.3. The third kappa shape index (κ3) is 4.69. The van der Waals surface area contributed by atoms with Crippen molar-refractivity contribution >= 4 is 11.8 Å². The molecule has 0 saturated heterocycles. The summed E-state index contributed by atoms with van der Waals surface area (Å²) in [5, 5.41) is 22.1. The molecule has 0 aliphatic rings. The minimum atomic E-state index is 0.553. The first-order chi connectivity index (χ1) is 16.8. The van der Waals surface area contributed by atoms with Crippen LogP contribution >= 0.6 is 11.8 Å². The predicted molar refractivity (Wildman–Crippen MR) is 131 cm³/mol. The lowest BCUT2D eigenvalue weighted by Gasteiger charge is -2.12. The number of hydrogen-bond donors (Lipinski definition) is 0. The molecule has 9 heteroatoms. The van der Waals surface area contributed by atoms with Gasteiger partial charge in [-0.15, -0.1) is 15.3 Å². The van der Waals surface area contributed by atoms with Gasteiger partial charge in [0, 0.05) is 6.54 Å². The van der Waals surface area contributed by atoms with Gasteiger partial charge in [-0.05, 0) is 46.7 Å². The smallest absolute Gasteiger partial charge is 0.191 e. The molecule has 0 bridgehead atoms. The number of hydrogen-bond acceptors (Lipinski definition) is 7. The fraction of sp³-hybridized carbons (Fsp3) is 0.160. The molecule has 0 atom stereocenters. The molecule has 5 aromatic rings. The van der Waals surface area contributed by atoms with Gasteiger partial charge in [-0.25, -0.2) is 0 Å². The highest BCUT2D eigenvalue weighted by atomic mass is 32.2. The largest absolute Gasteiger partial charge is 0.496 e. The van der Waals surface area contributed by atoms with Crippen LogP contribution in [0.4, 0.5) is 0 Å². The first-order valence-corrected chi connectivity index (χ1v) is 11.9. The van der Waals surface area contributed by atoms with Crippen LogP contribution in [0.3, 0.4) is 0 Å². The molecule has 0 aliphatic heterocycles. The molecule has 34 heavy (non-hydrogen) atoms. The van der Waals surface area contributed by atoms with E-state index >= 15 is 0 Å². The van der Waals surface area contributed by atoms with Crippen LogP contribution in [0.5, 0.6) is 5.75 Å². The summed E-state index contributed by atoms with van der Waals surface area (Å²) < 4.78 is 9.49. The van der Waals surface area contributed by atoms with Gasteiger partial charge in [-0.2, -0.15) is 4.68 Å². The number of rotatable bonds is 9. The van der Waals surface area contributed by atoms with E-state index in [0.29, 0.717) is 5.75 Å². The van der Waals surface area contributed by atoms with E-state index in [1.807, 2.05) is 60.7 Å². The van der Waals surface area contributed by atoms with Gasteiger partial charge >= 0.3 is 0 Å². The maximum absolute atomic E-state index is 5.59. The summed E-state index contributed by atoms with van der Waals surface area (Å²) in [4.78, 5) is 0. The highest BCUT2D eigenvalue weighted by Crippen LogP contribution is 2.32. The monoisotopic (exact) mass is 469 g/mol. The zero-order valence-corrected chi connectivity index (χ0v) is 19.5. The number of benzene rings is 3. The molecule has 5 rings (SSSR count). The van der Waals surface area contributed by atoms with Gasteiger partial charge < -0.3 is 9.30 Å². The van der Waals surface area contributed by atoms with Crippen molar-refractivity contribution in [1.29, 1.82) is 0 Å². The van der Waals surface area contributed by atoms with Gasteiger partial charge in [0.2, 0.25) is 0 Å². The number of tetrazole rings is 1. The topological polar surface area (TPSA) is 83.5 Å². The van der Waals surface area contributed by atoms with Crippen LogP contribution in [0.1, 0.15) is 11.4 Å². The van der Waals surface area contributed by atoms with Crippen LogP contribution in [-0.2, 0) is 18.7 Å². The molecule has 3 aromatic carbocycles. The minimum Gasteiger partial charge on any atom is -0.496 e. The molecule has 0 saturated carbocycles. The zero-order chi connectivity index (χ0) is 23.2. The van der Waals surface area contributed by atoms with E-state index in [0.717, 1.165) is 46.8 Å². The Labute approximate surface area is 201 Å². The summed E-state index contributed by atoms with van der Waals surface area (Å²) in [7, 11) is 1.67. The number of para-hydroxylation sites is 2. The van der Waals surface area contributed by atoms with Crippen molar-refractivity contribution in [2.45, 2.75) is 23.9 Å². The Balaban J connectivity index is 1.44. The third-order valence-electron chi connectivity index (χ3n) is 5.40. The lowest BCUT2D eigenvalue weighted by Crippen LogP contribution is -2.07. The predicted octanol–water partition coefficient (Wildman–Crippen LogP) is 4.46. The Morgan fingerprint density at radius 1 is 0.824 bits per heavy atom. The molecule has 0 N–H and O–H groups in total. The first kappa shape index (κ1) is 21.8. The SMILES string of the molecule is COc1ccccc1-c1nnc(SCc2nnnn2-c2ccccc2)n1CCc1ccccc1. The number of ether oxygens (including phenoxy) is 1. The number of thioether (sulfide) groups is 1. The summed E-state index contributed by atoms with van der Waals surface area (Å²) in [6.07, 6.45) is 0.857. The maximum atomic E-state index is 5.59. The number of aryl methyl sites for hydroxylation is 1. The molecule has 0 radical (unpaired) electrons. The summed E-state index contributed by atoms with van der Waals surface area (Å²) in [6.45, 7) is 0.732. The molecule has 8 nitrogen and oxygen atoms in total. The van der Waals surface area contributed by atoms with Crippen molar-refractivity contribution in [1.82, 2.24) is 35.0 Å². The van der Waals surface area contributed by atoms with E-state index in [4.69, 9.17) is 4.74 Å². The Morgan fingerprint density at radius 2 is 1.56 bits per heavy atom. The second-order valence-electron chi connectivity index (χ2n) is 7.52. The molecule has 0 fully saturated rings. The maximum Gasteiger partial charge on any atom is 0.191 e. The molecular formula is C25H23N7OS. The van der Waals surface area contributed by atoms with Gasteiger partial charge in [0.1, 0.15) is 5.75 Å². The average molecular weight is 470 g/mol. The highest BCUT2D eigenvalue weighted by molar-refractivity contribution is 7.98.